The largest absolute Gasteiger partial charge is 0.480 e. The van der Waals surface area contributed by atoms with Crippen LogP contribution in [0.1, 0.15) is 5.56 Å². The number of aliphatic carboxylic acids is 1. The molecule has 20 heavy (non-hydrogen) atoms. The van der Waals surface area contributed by atoms with Crippen LogP contribution in [0, 0.1) is 6.92 Å². The maximum atomic E-state index is 12.1. The highest BCUT2D eigenvalue weighted by Crippen LogP contribution is 2.18. The lowest BCUT2D eigenvalue weighted by Crippen LogP contribution is -2.38. The molecule has 7 heteroatoms. The molecular formula is C13H13N3O3S. The minimum Gasteiger partial charge on any atom is -0.480 e. The Kier molecular flexibility index (Phi) is 4.31. The molecule has 2 rings (SSSR count). The highest BCUT2D eigenvalue weighted by atomic mass is 32.1. The molecular weight excluding hydrogens is 278 g/mol. The Balaban J connectivity index is 2.20. The van der Waals surface area contributed by atoms with Gasteiger partial charge in [0.1, 0.15) is 6.54 Å². The Morgan fingerprint density at radius 1 is 1.35 bits per heavy atom. The number of anilines is 2. The fourth-order valence-electron chi connectivity index (χ4n) is 1.58. The number of aromatic nitrogens is 1. The van der Waals surface area contributed by atoms with Gasteiger partial charge in [-0.3, -0.25) is 15.0 Å². The smallest absolute Gasteiger partial charge is 0.328 e. The number of carbonyl (C=O) groups excluding carboxylic acids is 1. The molecule has 1 heterocycles. The van der Waals surface area contributed by atoms with Gasteiger partial charge in [-0.1, -0.05) is 17.7 Å². The summed E-state index contributed by atoms with van der Waals surface area (Å²) in [6, 6.07) is 6.53. The second-order valence-electron chi connectivity index (χ2n) is 4.08. The van der Waals surface area contributed by atoms with E-state index in [9.17, 15) is 9.59 Å². The molecule has 0 atom stereocenters. The van der Waals surface area contributed by atoms with E-state index in [4.69, 9.17) is 5.11 Å². The van der Waals surface area contributed by atoms with Crippen LogP contribution in [0.3, 0.4) is 0 Å². The van der Waals surface area contributed by atoms with E-state index in [0.717, 1.165) is 10.5 Å². The van der Waals surface area contributed by atoms with Crippen LogP contribution >= 0.6 is 11.3 Å². The molecule has 2 aromatic rings. The number of carboxylic acids is 1. The molecule has 0 saturated carbocycles. The predicted molar refractivity (Wildman–Crippen MR) is 77.3 cm³/mol. The topological polar surface area (TPSA) is 82.5 Å². The fraction of sp³-hybridized carbons (Fsp3) is 0.154. The van der Waals surface area contributed by atoms with Crippen LogP contribution in [-0.4, -0.2) is 28.6 Å². The van der Waals surface area contributed by atoms with Gasteiger partial charge in [0, 0.05) is 17.3 Å². The highest BCUT2D eigenvalue weighted by molar-refractivity contribution is 7.13. The monoisotopic (exact) mass is 291 g/mol. The zero-order valence-electron chi connectivity index (χ0n) is 10.7. The van der Waals surface area contributed by atoms with Crippen molar-refractivity contribution in [2.45, 2.75) is 6.92 Å². The summed E-state index contributed by atoms with van der Waals surface area (Å²) in [7, 11) is 0. The minimum absolute atomic E-state index is 0.416. The van der Waals surface area contributed by atoms with Gasteiger partial charge in [0.25, 0.3) is 0 Å². The van der Waals surface area contributed by atoms with Gasteiger partial charge >= 0.3 is 12.0 Å². The SMILES string of the molecule is Cc1ccc(N(CC(=O)O)C(=O)Nc2nccs2)cc1. The molecule has 1 aromatic carbocycles. The quantitative estimate of drug-likeness (QED) is 0.907. The molecule has 0 fully saturated rings. The molecule has 0 aliphatic carbocycles. The van der Waals surface area contributed by atoms with Gasteiger partial charge in [-0.2, -0.15) is 0 Å². The third-order valence-corrected chi connectivity index (χ3v) is 3.22. The number of nitrogens with zero attached hydrogens (tertiary/aromatic N) is 2. The number of benzene rings is 1. The number of urea groups is 1. The summed E-state index contributed by atoms with van der Waals surface area (Å²) in [6.45, 7) is 1.50. The van der Waals surface area contributed by atoms with Crippen molar-refractivity contribution in [2.24, 2.45) is 0 Å². The summed E-state index contributed by atoms with van der Waals surface area (Å²) in [6.07, 6.45) is 1.56. The zero-order valence-corrected chi connectivity index (χ0v) is 11.6. The lowest BCUT2D eigenvalue weighted by molar-refractivity contribution is -0.135. The van der Waals surface area contributed by atoms with Crippen molar-refractivity contribution in [3.8, 4) is 0 Å². The lowest BCUT2D eigenvalue weighted by atomic mass is 10.2. The van der Waals surface area contributed by atoms with Gasteiger partial charge in [0.15, 0.2) is 5.13 Å². The molecule has 0 saturated heterocycles. The average Bonchev–Trinajstić information content (AvgIpc) is 2.89. The van der Waals surface area contributed by atoms with Crippen LogP contribution in [-0.2, 0) is 4.79 Å². The van der Waals surface area contributed by atoms with Crippen molar-refractivity contribution in [3.05, 3.63) is 41.4 Å². The number of thiazole rings is 1. The summed E-state index contributed by atoms with van der Waals surface area (Å²) in [5.74, 6) is -1.08. The first-order valence-corrected chi connectivity index (χ1v) is 6.70. The van der Waals surface area contributed by atoms with Crippen molar-refractivity contribution in [1.29, 1.82) is 0 Å². The van der Waals surface area contributed by atoms with Crippen LogP contribution in [0.4, 0.5) is 15.6 Å². The molecule has 0 aliphatic heterocycles. The van der Waals surface area contributed by atoms with E-state index in [1.54, 1.807) is 23.7 Å². The Bertz CT molecular complexity index is 596. The number of hydrogen-bond acceptors (Lipinski definition) is 4. The van der Waals surface area contributed by atoms with E-state index < -0.39 is 18.5 Å². The third-order valence-electron chi connectivity index (χ3n) is 2.53. The number of hydrogen-bond donors (Lipinski definition) is 2. The first-order chi connectivity index (χ1) is 9.56. The van der Waals surface area contributed by atoms with E-state index in [1.807, 2.05) is 19.1 Å². The maximum absolute atomic E-state index is 12.1. The molecule has 1 aromatic heterocycles. The lowest BCUT2D eigenvalue weighted by Gasteiger charge is -2.20. The molecule has 2 N–H and O–H groups in total. The first kappa shape index (κ1) is 14.0. The molecule has 2 amide bonds. The summed E-state index contributed by atoms with van der Waals surface area (Å²) in [5, 5.41) is 13.7. The number of amides is 2. The van der Waals surface area contributed by atoms with E-state index in [2.05, 4.69) is 10.3 Å². The van der Waals surface area contributed by atoms with Gasteiger partial charge in [0.05, 0.1) is 0 Å². The van der Waals surface area contributed by atoms with Gasteiger partial charge in [-0.25, -0.2) is 9.78 Å². The van der Waals surface area contributed by atoms with Gasteiger partial charge in [-0.05, 0) is 19.1 Å². The molecule has 0 unspecified atom stereocenters. The van der Waals surface area contributed by atoms with E-state index in [1.165, 1.54) is 11.3 Å². The molecule has 0 radical (unpaired) electrons. The van der Waals surface area contributed by atoms with Gasteiger partial charge in [-0.15, -0.1) is 11.3 Å². The fourth-order valence-corrected chi connectivity index (χ4v) is 2.10. The van der Waals surface area contributed by atoms with Crippen LogP contribution in [0.25, 0.3) is 0 Å². The van der Waals surface area contributed by atoms with Crippen molar-refractivity contribution in [3.63, 3.8) is 0 Å². The number of nitrogens with one attached hydrogen (secondary N) is 1. The van der Waals surface area contributed by atoms with Crippen molar-refractivity contribution < 1.29 is 14.7 Å². The standard InChI is InChI=1S/C13H13N3O3S/c1-9-2-4-10(5-3-9)16(8-11(17)18)13(19)15-12-14-6-7-20-12/h2-7H,8H2,1H3,(H,17,18)(H,14,15,19). The normalized spacial score (nSPS) is 10.1. The number of rotatable bonds is 4. The number of carboxylic acid groups (broad SMARTS) is 1. The molecule has 6 nitrogen and oxygen atoms in total. The van der Waals surface area contributed by atoms with Gasteiger partial charge < -0.3 is 5.11 Å². The molecule has 104 valence electrons. The molecule has 0 spiro atoms. The second kappa shape index (κ2) is 6.16. The summed E-state index contributed by atoms with van der Waals surface area (Å²) < 4.78 is 0. The predicted octanol–water partition coefficient (Wildman–Crippen LogP) is 2.57. The van der Waals surface area contributed by atoms with Crippen molar-refractivity contribution in [1.82, 2.24) is 4.98 Å². The molecule has 0 bridgehead atoms. The van der Waals surface area contributed by atoms with Crippen molar-refractivity contribution in [2.75, 3.05) is 16.8 Å². The maximum Gasteiger partial charge on any atom is 0.328 e. The summed E-state index contributed by atoms with van der Waals surface area (Å²) in [5.41, 5.74) is 1.55. The summed E-state index contributed by atoms with van der Waals surface area (Å²) in [4.78, 5) is 28.2. The van der Waals surface area contributed by atoms with E-state index in [-0.39, 0.29) is 0 Å². The van der Waals surface area contributed by atoms with Crippen LogP contribution in [0.5, 0.6) is 0 Å². The number of carbonyl (C=O) groups is 2. The first-order valence-electron chi connectivity index (χ1n) is 5.83. The highest BCUT2D eigenvalue weighted by Gasteiger charge is 2.19. The minimum atomic E-state index is -1.08. The Labute approximate surface area is 119 Å². The van der Waals surface area contributed by atoms with Crippen molar-refractivity contribution >= 4 is 34.2 Å². The van der Waals surface area contributed by atoms with Crippen LogP contribution < -0.4 is 10.2 Å². The zero-order chi connectivity index (χ0) is 14.5. The van der Waals surface area contributed by atoms with Crippen LogP contribution in [0.15, 0.2) is 35.8 Å². The van der Waals surface area contributed by atoms with Gasteiger partial charge in [0.2, 0.25) is 0 Å². The Hall–Kier alpha value is -2.41. The Morgan fingerprint density at radius 3 is 2.60 bits per heavy atom. The van der Waals surface area contributed by atoms with E-state index >= 15 is 0 Å². The molecule has 0 aliphatic rings. The van der Waals surface area contributed by atoms with Crippen LogP contribution in [0.2, 0.25) is 0 Å². The summed E-state index contributed by atoms with van der Waals surface area (Å²) >= 11 is 1.27. The Morgan fingerprint density at radius 2 is 2.05 bits per heavy atom. The number of aryl methyl sites for hydroxylation is 1. The third kappa shape index (κ3) is 3.55. The van der Waals surface area contributed by atoms with E-state index in [0.29, 0.717) is 10.8 Å². The average molecular weight is 291 g/mol. The second-order valence-corrected chi connectivity index (χ2v) is 4.98.